The number of nitrogens with zero attached hydrogens (tertiary/aromatic N) is 3. The van der Waals surface area contributed by atoms with Gasteiger partial charge in [0.15, 0.2) is 0 Å². The van der Waals surface area contributed by atoms with Gasteiger partial charge in [-0.1, -0.05) is 38.1 Å². The summed E-state index contributed by atoms with van der Waals surface area (Å²) in [6.45, 7) is 7.10. The number of aromatic amines is 1. The summed E-state index contributed by atoms with van der Waals surface area (Å²) in [7, 11) is 0. The number of nitrogens with one attached hydrogen (secondary N) is 1. The van der Waals surface area contributed by atoms with Gasteiger partial charge >= 0.3 is 0 Å². The van der Waals surface area contributed by atoms with Crippen molar-refractivity contribution < 1.29 is 9.59 Å². The Kier molecular flexibility index (Phi) is 5.93. The zero-order valence-corrected chi connectivity index (χ0v) is 18.1. The third kappa shape index (κ3) is 4.27. The number of hydrogen-bond donors (Lipinski definition) is 1. The summed E-state index contributed by atoms with van der Waals surface area (Å²) < 4.78 is 0. The molecule has 30 heavy (non-hydrogen) atoms. The summed E-state index contributed by atoms with van der Waals surface area (Å²) in [6, 6.07) is 8.62. The molecular formula is C24H32N4O2. The topological polar surface area (TPSA) is 69.3 Å². The highest BCUT2D eigenvalue weighted by atomic mass is 16.2. The molecule has 0 radical (unpaired) electrons. The number of benzene rings is 1. The molecule has 2 aromatic rings. The number of likely N-dealkylation sites (tertiary alicyclic amines) is 2. The monoisotopic (exact) mass is 408 g/mol. The Morgan fingerprint density at radius 3 is 2.67 bits per heavy atom. The van der Waals surface area contributed by atoms with Crippen LogP contribution < -0.4 is 0 Å². The van der Waals surface area contributed by atoms with Gasteiger partial charge in [-0.15, -0.1) is 0 Å². The highest BCUT2D eigenvalue weighted by Crippen LogP contribution is 2.40. The Morgan fingerprint density at radius 1 is 1.17 bits per heavy atom. The van der Waals surface area contributed by atoms with Crippen LogP contribution in [0, 0.1) is 5.41 Å². The molecule has 6 heteroatoms. The minimum atomic E-state index is -0.387. The fourth-order valence-electron chi connectivity index (χ4n) is 4.82. The minimum absolute atomic E-state index is 0.141. The minimum Gasteiger partial charge on any atom is -0.342 e. The molecule has 3 heterocycles. The van der Waals surface area contributed by atoms with Gasteiger partial charge in [-0.25, -0.2) is 0 Å². The molecule has 2 fully saturated rings. The zero-order chi connectivity index (χ0) is 21.1. The van der Waals surface area contributed by atoms with E-state index in [2.05, 4.69) is 48.3 Å². The lowest BCUT2D eigenvalue weighted by Crippen LogP contribution is -2.50. The number of aromatic nitrogens is 2. The van der Waals surface area contributed by atoms with E-state index in [1.807, 2.05) is 16.0 Å². The normalized spacial score (nSPS) is 21.8. The van der Waals surface area contributed by atoms with E-state index in [0.717, 1.165) is 31.4 Å². The van der Waals surface area contributed by atoms with Gasteiger partial charge in [0.25, 0.3) is 0 Å². The van der Waals surface area contributed by atoms with Crippen LogP contribution in [0.1, 0.15) is 62.1 Å². The molecule has 4 rings (SSSR count). The lowest BCUT2D eigenvalue weighted by molar-refractivity contribution is -0.146. The molecule has 2 amide bonds. The fraction of sp³-hybridized carbons (Fsp3) is 0.542. The van der Waals surface area contributed by atoms with E-state index in [-0.39, 0.29) is 17.2 Å². The van der Waals surface area contributed by atoms with Gasteiger partial charge in [0.1, 0.15) is 0 Å². The van der Waals surface area contributed by atoms with E-state index in [0.29, 0.717) is 38.4 Å². The lowest BCUT2D eigenvalue weighted by atomic mass is 9.78. The standard InChI is InChI=1S/C24H32N4O2/c1-18(2)21-7-4-19(5-8-21)16-27-12-3-10-24(23(27)30)11-13-28(17-24)22(29)9-6-20-14-25-26-15-20/h4-5,7-8,14-15,18H,3,6,9-13,16-17H2,1-2H3,(H,25,26)/t24-/m1/s1. The van der Waals surface area contributed by atoms with Gasteiger partial charge in [-0.05, 0) is 48.3 Å². The second kappa shape index (κ2) is 8.62. The van der Waals surface area contributed by atoms with Crippen LogP contribution in [0.5, 0.6) is 0 Å². The van der Waals surface area contributed by atoms with Gasteiger partial charge in [0, 0.05) is 38.8 Å². The largest absolute Gasteiger partial charge is 0.342 e. The Morgan fingerprint density at radius 2 is 1.97 bits per heavy atom. The van der Waals surface area contributed by atoms with E-state index in [4.69, 9.17) is 0 Å². The average Bonchev–Trinajstić information content (AvgIpc) is 3.41. The van der Waals surface area contributed by atoms with Crippen LogP contribution in [0.3, 0.4) is 0 Å². The molecule has 0 aliphatic carbocycles. The molecule has 2 aliphatic heterocycles. The molecule has 1 aromatic heterocycles. The lowest BCUT2D eigenvalue weighted by Gasteiger charge is -2.39. The highest BCUT2D eigenvalue weighted by molar-refractivity contribution is 5.86. The van der Waals surface area contributed by atoms with Gasteiger partial charge in [-0.3, -0.25) is 14.7 Å². The number of carbonyl (C=O) groups is 2. The highest BCUT2D eigenvalue weighted by Gasteiger charge is 2.49. The molecule has 1 aromatic carbocycles. The molecule has 6 nitrogen and oxygen atoms in total. The van der Waals surface area contributed by atoms with Crippen molar-refractivity contribution in [2.45, 2.75) is 58.4 Å². The maximum atomic E-state index is 13.4. The molecule has 1 N–H and O–H groups in total. The molecule has 2 saturated heterocycles. The molecule has 1 atom stereocenters. The van der Waals surface area contributed by atoms with Crippen LogP contribution in [0.2, 0.25) is 0 Å². The summed E-state index contributed by atoms with van der Waals surface area (Å²) in [5, 5.41) is 6.72. The number of H-pyrrole nitrogens is 1. The Balaban J connectivity index is 1.37. The Hall–Kier alpha value is -2.63. The van der Waals surface area contributed by atoms with Crippen molar-refractivity contribution in [2.24, 2.45) is 5.41 Å². The van der Waals surface area contributed by atoms with Crippen molar-refractivity contribution in [3.8, 4) is 0 Å². The molecule has 0 unspecified atom stereocenters. The fourth-order valence-corrected chi connectivity index (χ4v) is 4.82. The molecule has 0 saturated carbocycles. The summed E-state index contributed by atoms with van der Waals surface area (Å²) in [5.74, 6) is 0.878. The number of carbonyl (C=O) groups excluding carboxylic acids is 2. The van der Waals surface area contributed by atoms with E-state index in [1.54, 1.807) is 6.20 Å². The molecule has 160 valence electrons. The van der Waals surface area contributed by atoms with E-state index < -0.39 is 0 Å². The predicted octanol–water partition coefficient (Wildman–Crippen LogP) is 3.51. The second-order valence-electron chi connectivity index (χ2n) is 9.18. The van der Waals surface area contributed by atoms with Crippen LogP contribution in [0.15, 0.2) is 36.7 Å². The van der Waals surface area contributed by atoms with Gasteiger partial charge in [0.2, 0.25) is 11.8 Å². The van der Waals surface area contributed by atoms with Crippen molar-refractivity contribution in [2.75, 3.05) is 19.6 Å². The number of rotatable bonds is 6. The number of aryl methyl sites for hydroxylation is 1. The summed E-state index contributed by atoms with van der Waals surface area (Å²) in [4.78, 5) is 30.0. The van der Waals surface area contributed by atoms with E-state index >= 15 is 0 Å². The predicted molar refractivity (Wildman–Crippen MR) is 116 cm³/mol. The maximum absolute atomic E-state index is 13.4. The third-order valence-corrected chi connectivity index (χ3v) is 6.73. The number of piperidine rings is 1. The van der Waals surface area contributed by atoms with Crippen molar-refractivity contribution in [1.29, 1.82) is 0 Å². The van der Waals surface area contributed by atoms with Crippen LogP contribution in [0.25, 0.3) is 0 Å². The average molecular weight is 409 g/mol. The number of hydrogen-bond acceptors (Lipinski definition) is 3. The summed E-state index contributed by atoms with van der Waals surface area (Å²) in [6.07, 6.45) is 7.42. The molecule has 2 aliphatic rings. The summed E-state index contributed by atoms with van der Waals surface area (Å²) >= 11 is 0. The molecular weight excluding hydrogens is 376 g/mol. The van der Waals surface area contributed by atoms with Crippen molar-refractivity contribution >= 4 is 11.8 Å². The van der Waals surface area contributed by atoms with Crippen LogP contribution >= 0.6 is 0 Å². The quantitative estimate of drug-likeness (QED) is 0.795. The SMILES string of the molecule is CC(C)c1ccc(CN2CCC[C@]3(CCN(C(=O)CCc4cn[nH]c4)C3)C2=O)cc1. The third-order valence-electron chi connectivity index (χ3n) is 6.73. The van der Waals surface area contributed by atoms with Crippen LogP contribution in [-0.4, -0.2) is 51.4 Å². The van der Waals surface area contributed by atoms with E-state index in [1.165, 1.54) is 11.1 Å². The second-order valence-corrected chi connectivity index (χ2v) is 9.18. The van der Waals surface area contributed by atoms with Gasteiger partial charge < -0.3 is 9.80 Å². The van der Waals surface area contributed by atoms with Crippen LogP contribution in [0.4, 0.5) is 0 Å². The van der Waals surface area contributed by atoms with Crippen LogP contribution in [-0.2, 0) is 22.6 Å². The summed E-state index contributed by atoms with van der Waals surface area (Å²) in [5.41, 5.74) is 3.15. The first-order chi connectivity index (χ1) is 14.5. The Labute approximate surface area is 178 Å². The maximum Gasteiger partial charge on any atom is 0.230 e. The van der Waals surface area contributed by atoms with Gasteiger partial charge in [0.05, 0.1) is 11.6 Å². The molecule has 1 spiro atoms. The van der Waals surface area contributed by atoms with E-state index in [9.17, 15) is 9.59 Å². The number of amides is 2. The van der Waals surface area contributed by atoms with Crippen molar-refractivity contribution in [1.82, 2.24) is 20.0 Å². The zero-order valence-electron chi connectivity index (χ0n) is 18.1. The van der Waals surface area contributed by atoms with Gasteiger partial charge in [-0.2, -0.15) is 5.10 Å². The van der Waals surface area contributed by atoms with Crippen molar-refractivity contribution in [3.63, 3.8) is 0 Å². The first-order valence-corrected chi connectivity index (χ1v) is 11.1. The smallest absolute Gasteiger partial charge is 0.230 e. The van der Waals surface area contributed by atoms with Crippen molar-refractivity contribution in [3.05, 3.63) is 53.3 Å². The first kappa shape index (κ1) is 20.6. The first-order valence-electron chi connectivity index (χ1n) is 11.1. The Bertz CT molecular complexity index is 875. The molecule has 0 bridgehead atoms.